The van der Waals surface area contributed by atoms with Gasteiger partial charge in [0.25, 0.3) is 11.7 Å². The number of carboxylic acid groups (broad SMARTS) is 1. The molecule has 0 radical (unpaired) electrons. The molecule has 176 valence electrons. The van der Waals surface area contributed by atoms with Crippen molar-refractivity contribution in [1.29, 1.82) is 0 Å². The standard InChI is InChI=1S/C22H30N2O8/c1-22(2,3)32-21(29)23-10-12-31-17-13-14(8-9-16(17)30-4)18(25)19(26)24-11-6-5-7-15(24)20(27)28/h8-9,13,15H,5-7,10-12H2,1-4H3,(H,23,29)(H,27,28). The Kier molecular flexibility index (Phi) is 8.45. The highest BCUT2D eigenvalue weighted by atomic mass is 16.6. The number of hydrogen-bond donors (Lipinski definition) is 2. The fourth-order valence-corrected chi connectivity index (χ4v) is 3.24. The maximum atomic E-state index is 12.8. The van der Waals surface area contributed by atoms with Crippen molar-refractivity contribution in [2.45, 2.75) is 51.7 Å². The molecule has 1 saturated heterocycles. The second kappa shape index (κ2) is 10.8. The van der Waals surface area contributed by atoms with Crippen LogP contribution in [0, 0.1) is 0 Å². The minimum absolute atomic E-state index is 0.0561. The second-order valence-electron chi connectivity index (χ2n) is 8.32. The average molecular weight is 450 g/mol. The molecular formula is C22H30N2O8. The van der Waals surface area contributed by atoms with Crippen LogP contribution in [0.4, 0.5) is 4.79 Å². The average Bonchev–Trinajstić information content (AvgIpc) is 2.74. The number of alkyl carbamates (subject to hydrolysis) is 1. The van der Waals surface area contributed by atoms with E-state index in [0.717, 1.165) is 4.90 Å². The van der Waals surface area contributed by atoms with Gasteiger partial charge in [-0.05, 0) is 58.2 Å². The van der Waals surface area contributed by atoms with Crippen LogP contribution < -0.4 is 14.8 Å². The van der Waals surface area contributed by atoms with E-state index in [9.17, 15) is 24.3 Å². The van der Waals surface area contributed by atoms with Gasteiger partial charge >= 0.3 is 12.1 Å². The van der Waals surface area contributed by atoms with E-state index >= 15 is 0 Å². The van der Waals surface area contributed by atoms with Crippen LogP contribution in [-0.4, -0.2) is 72.2 Å². The lowest BCUT2D eigenvalue weighted by Gasteiger charge is -2.32. The molecule has 1 heterocycles. The lowest BCUT2D eigenvalue weighted by Crippen LogP contribution is -2.50. The van der Waals surface area contributed by atoms with Crippen LogP contribution in [0.25, 0.3) is 0 Å². The van der Waals surface area contributed by atoms with Crippen molar-refractivity contribution in [3.8, 4) is 11.5 Å². The quantitative estimate of drug-likeness (QED) is 0.350. The summed E-state index contributed by atoms with van der Waals surface area (Å²) in [5.74, 6) is -2.25. The topological polar surface area (TPSA) is 131 Å². The van der Waals surface area contributed by atoms with Crippen molar-refractivity contribution in [2.75, 3.05) is 26.8 Å². The lowest BCUT2D eigenvalue weighted by molar-refractivity contribution is -0.150. The first-order valence-corrected chi connectivity index (χ1v) is 10.4. The van der Waals surface area contributed by atoms with Gasteiger partial charge in [0.05, 0.1) is 13.7 Å². The first-order chi connectivity index (χ1) is 15.0. The molecule has 1 atom stereocenters. The Hall–Kier alpha value is -3.30. The predicted molar refractivity (Wildman–Crippen MR) is 114 cm³/mol. The number of methoxy groups -OCH3 is 1. The number of ether oxygens (including phenoxy) is 3. The summed E-state index contributed by atoms with van der Waals surface area (Å²) < 4.78 is 16.0. The Balaban J connectivity index is 2.05. The highest BCUT2D eigenvalue weighted by Crippen LogP contribution is 2.29. The zero-order chi connectivity index (χ0) is 23.9. The molecule has 1 unspecified atom stereocenters. The van der Waals surface area contributed by atoms with Gasteiger partial charge in [-0.15, -0.1) is 0 Å². The number of carbonyl (C=O) groups excluding carboxylic acids is 3. The Morgan fingerprint density at radius 2 is 1.88 bits per heavy atom. The predicted octanol–water partition coefficient (Wildman–Crippen LogP) is 2.25. The number of amides is 2. The summed E-state index contributed by atoms with van der Waals surface area (Å²) in [6.07, 6.45) is 1.06. The van der Waals surface area contributed by atoms with Gasteiger partial charge < -0.3 is 29.5 Å². The number of ketones is 1. The van der Waals surface area contributed by atoms with Gasteiger partial charge in [0, 0.05) is 12.1 Å². The van der Waals surface area contributed by atoms with E-state index < -0.39 is 35.4 Å². The van der Waals surface area contributed by atoms with E-state index in [4.69, 9.17) is 14.2 Å². The Bertz CT molecular complexity index is 862. The summed E-state index contributed by atoms with van der Waals surface area (Å²) in [5.41, 5.74) is -0.566. The van der Waals surface area contributed by atoms with Gasteiger partial charge in [-0.3, -0.25) is 9.59 Å². The van der Waals surface area contributed by atoms with Crippen molar-refractivity contribution in [3.63, 3.8) is 0 Å². The molecule has 0 spiro atoms. The van der Waals surface area contributed by atoms with Crippen LogP contribution in [0.2, 0.25) is 0 Å². The molecule has 32 heavy (non-hydrogen) atoms. The maximum absolute atomic E-state index is 12.8. The van der Waals surface area contributed by atoms with Crippen molar-refractivity contribution in [3.05, 3.63) is 23.8 Å². The molecule has 2 amide bonds. The van der Waals surface area contributed by atoms with Gasteiger partial charge in [-0.25, -0.2) is 9.59 Å². The lowest BCUT2D eigenvalue weighted by atomic mass is 10.0. The molecule has 0 bridgehead atoms. The number of aliphatic carboxylic acids is 1. The number of rotatable bonds is 8. The van der Waals surface area contributed by atoms with Gasteiger partial charge in [0.15, 0.2) is 11.5 Å². The number of hydrogen-bond acceptors (Lipinski definition) is 7. The summed E-state index contributed by atoms with van der Waals surface area (Å²) in [6.45, 7) is 5.68. The molecule has 0 aliphatic carbocycles. The highest BCUT2D eigenvalue weighted by molar-refractivity contribution is 6.43. The van der Waals surface area contributed by atoms with Crippen molar-refractivity contribution in [2.24, 2.45) is 0 Å². The normalized spacial score (nSPS) is 16.1. The zero-order valence-corrected chi connectivity index (χ0v) is 18.8. The number of nitrogens with zero attached hydrogens (tertiary/aromatic N) is 1. The number of Topliss-reactive ketones (excluding diaryl/α,β-unsaturated/α-hetero) is 1. The van der Waals surface area contributed by atoms with Crippen LogP contribution in [0.1, 0.15) is 50.4 Å². The van der Waals surface area contributed by atoms with Crippen molar-refractivity contribution >= 4 is 23.8 Å². The molecule has 2 rings (SSSR count). The number of likely N-dealkylation sites (tertiary alicyclic amines) is 1. The van der Waals surface area contributed by atoms with Crippen molar-refractivity contribution < 1.29 is 38.5 Å². The third-order valence-electron chi connectivity index (χ3n) is 4.70. The SMILES string of the molecule is COc1ccc(C(=O)C(=O)N2CCCCC2C(=O)O)cc1OCCNC(=O)OC(C)(C)C. The monoisotopic (exact) mass is 450 g/mol. The second-order valence-corrected chi connectivity index (χ2v) is 8.32. The number of carbonyl (C=O) groups is 4. The third kappa shape index (κ3) is 6.86. The molecular weight excluding hydrogens is 420 g/mol. The van der Waals surface area contributed by atoms with E-state index in [-0.39, 0.29) is 31.0 Å². The van der Waals surface area contributed by atoms with Crippen LogP contribution >= 0.6 is 0 Å². The molecule has 10 heteroatoms. The van der Waals surface area contributed by atoms with Gasteiger partial charge in [-0.2, -0.15) is 0 Å². The summed E-state index contributed by atoms with van der Waals surface area (Å²) in [4.78, 5) is 49.7. The Morgan fingerprint density at radius 1 is 1.16 bits per heavy atom. The molecule has 0 aromatic heterocycles. The van der Waals surface area contributed by atoms with E-state index in [1.54, 1.807) is 20.8 Å². The molecule has 1 aliphatic heterocycles. The van der Waals surface area contributed by atoms with E-state index in [0.29, 0.717) is 25.0 Å². The molecule has 1 fully saturated rings. The van der Waals surface area contributed by atoms with Crippen LogP contribution in [0.15, 0.2) is 18.2 Å². The first-order valence-electron chi connectivity index (χ1n) is 10.4. The van der Waals surface area contributed by atoms with Crippen LogP contribution in [0.3, 0.4) is 0 Å². The van der Waals surface area contributed by atoms with E-state index in [1.807, 2.05) is 0 Å². The fourth-order valence-electron chi connectivity index (χ4n) is 3.24. The number of benzene rings is 1. The smallest absolute Gasteiger partial charge is 0.407 e. The van der Waals surface area contributed by atoms with Gasteiger partial charge in [0.1, 0.15) is 18.2 Å². The summed E-state index contributed by atoms with van der Waals surface area (Å²) in [7, 11) is 1.43. The number of nitrogens with one attached hydrogen (secondary N) is 1. The number of piperidine rings is 1. The maximum Gasteiger partial charge on any atom is 0.407 e. The van der Waals surface area contributed by atoms with Crippen molar-refractivity contribution in [1.82, 2.24) is 10.2 Å². The number of carboxylic acids is 1. The first kappa shape index (κ1) is 25.0. The fraction of sp³-hybridized carbons (Fsp3) is 0.545. The van der Waals surface area contributed by atoms with E-state index in [1.165, 1.54) is 25.3 Å². The minimum atomic E-state index is -1.12. The summed E-state index contributed by atoms with van der Waals surface area (Å²) in [5, 5.41) is 11.9. The molecule has 10 nitrogen and oxygen atoms in total. The molecule has 1 aromatic rings. The largest absolute Gasteiger partial charge is 0.493 e. The van der Waals surface area contributed by atoms with E-state index in [2.05, 4.69) is 5.32 Å². The minimum Gasteiger partial charge on any atom is -0.493 e. The molecule has 0 saturated carbocycles. The summed E-state index contributed by atoms with van der Waals surface area (Å²) in [6, 6.07) is 3.27. The third-order valence-corrected chi connectivity index (χ3v) is 4.70. The Labute approximate surface area is 186 Å². The highest BCUT2D eigenvalue weighted by Gasteiger charge is 2.35. The van der Waals surface area contributed by atoms with Crippen LogP contribution in [0.5, 0.6) is 11.5 Å². The Morgan fingerprint density at radius 3 is 2.50 bits per heavy atom. The van der Waals surface area contributed by atoms with Gasteiger partial charge in [0.2, 0.25) is 0 Å². The summed E-state index contributed by atoms with van der Waals surface area (Å²) >= 11 is 0. The molecule has 2 N–H and O–H groups in total. The molecule has 1 aliphatic rings. The van der Waals surface area contributed by atoms with Gasteiger partial charge in [-0.1, -0.05) is 0 Å². The zero-order valence-electron chi connectivity index (χ0n) is 18.8. The van der Waals surface area contributed by atoms with Crippen LogP contribution in [-0.2, 0) is 14.3 Å². The molecule has 1 aromatic carbocycles.